The highest BCUT2D eigenvalue weighted by Crippen LogP contribution is 2.43. The van der Waals surface area contributed by atoms with Crippen molar-refractivity contribution in [3.63, 3.8) is 0 Å². The third-order valence-corrected chi connectivity index (χ3v) is 9.94. The van der Waals surface area contributed by atoms with Gasteiger partial charge >= 0.3 is 18.2 Å². The van der Waals surface area contributed by atoms with Gasteiger partial charge in [0.1, 0.15) is 34.3 Å². The molecule has 2 fully saturated rings. The Hall–Kier alpha value is -6.37. The Balaban J connectivity index is 1.07. The standard InChI is InChI=1S/C40H45N9O9S/c1-38(2,3)56-36(53)44-35-42-28(22-59-35)30(47-58-40(17-18-40)34(52)55-31(23-13-9-7-10-14-23)24-15-11-8-12-16-24)33(51)43-29-27(41-32(29)50)21-49-45-25-19-48(20-26(25)46-49)37(54)57-39(4,5)6/h7-16,22,27,29,31H,17-21H2,1-6H3,(H,41,50)(H,43,51)(H,42,44,53)/t27-,29+/m1/s1. The number of nitrogens with one attached hydrogen (secondary N) is 3. The van der Waals surface area contributed by atoms with Gasteiger partial charge in [-0.1, -0.05) is 65.8 Å². The number of benzene rings is 2. The molecule has 0 bridgehead atoms. The monoisotopic (exact) mass is 827 g/mol. The molecule has 0 radical (unpaired) electrons. The first-order valence-electron chi connectivity index (χ1n) is 19.0. The molecule has 2 atom stereocenters. The molecule has 4 aromatic rings. The number of thiazole rings is 1. The van der Waals surface area contributed by atoms with E-state index in [0.717, 1.165) is 22.5 Å². The van der Waals surface area contributed by atoms with E-state index in [1.807, 2.05) is 60.7 Å². The largest absolute Gasteiger partial charge is 0.450 e. The molecule has 19 heteroatoms. The number of fused-ring (bicyclic) bond motifs is 1. The quantitative estimate of drug-likeness (QED) is 0.0587. The van der Waals surface area contributed by atoms with E-state index >= 15 is 0 Å². The van der Waals surface area contributed by atoms with Crippen LogP contribution in [0.25, 0.3) is 0 Å². The average molecular weight is 828 g/mol. The molecule has 7 rings (SSSR count). The van der Waals surface area contributed by atoms with Crippen LogP contribution >= 0.6 is 11.3 Å². The van der Waals surface area contributed by atoms with Gasteiger partial charge in [0.2, 0.25) is 11.5 Å². The normalized spacial score (nSPS) is 18.3. The highest BCUT2D eigenvalue weighted by Gasteiger charge is 2.56. The van der Waals surface area contributed by atoms with E-state index < -0.39 is 65.0 Å². The maximum Gasteiger partial charge on any atom is 0.413 e. The van der Waals surface area contributed by atoms with E-state index in [9.17, 15) is 24.0 Å². The summed E-state index contributed by atoms with van der Waals surface area (Å²) in [5.41, 5.74) is -0.551. The fraction of sp³-hybridized carbons (Fsp3) is 0.425. The molecule has 4 amide bonds. The van der Waals surface area contributed by atoms with Gasteiger partial charge in [-0.3, -0.25) is 19.8 Å². The number of hydrogen-bond acceptors (Lipinski definition) is 14. The van der Waals surface area contributed by atoms with Crippen molar-refractivity contribution in [3.05, 3.63) is 94.3 Å². The van der Waals surface area contributed by atoms with Crippen LogP contribution < -0.4 is 16.0 Å². The predicted octanol–water partition coefficient (Wildman–Crippen LogP) is 4.60. The number of carbonyl (C=O) groups is 5. The lowest BCUT2D eigenvalue weighted by Gasteiger charge is -2.36. The number of amides is 4. The predicted molar refractivity (Wildman–Crippen MR) is 212 cm³/mol. The van der Waals surface area contributed by atoms with Crippen molar-refractivity contribution in [2.24, 2.45) is 5.16 Å². The van der Waals surface area contributed by atoms with Crippen LogP contribution in [0.15, 0.2) is 71.2 Å². The SMILES string of the molecule is CC(C)(C)OC(=O)Nc1nc(C(=NOC2(C(=O)OC(c3ccccc3)c3ccccc3)CC2)C(=O)N[C@@H]2C(=O)N[C@@H]2Cn2nc3c(n2)CN(C(=O)OC(C)(C)C)C3)cs1. The van der Waals surface area contributed by atoms with Crippen molar-refractivity contribution in [1.82, 2.24) is 35.5 Å². The first kappa shape index (κ1) is 40.8. The molecule has 18 nitrogen and oxygen atoms in total. The first-order valence-corrected chi connectivity index (χ1v) is 19.9. The number of ether oxygens (including phenoxy) is 3. The smallest absolute Gasteiger partial charge is 0.413 e. The van der Waals surface area contributed by atoms with E-state index in [2.05, 4.69) is 36.3 Å². The van der Waals surface area contributed by atoms with Crippen LogP contribution in [0.5, 0.6) is 0 Å². The number of carbonyl (C=O) groups excluding carboxylic acids is 5. The number of oxime groups is 1. The number of β-lactam (4-membered cyclic amide) rings is 1. The molecule has 59 heavy (non-hydrogen) atoms. The Morgan fingerprint density at radius 1 is 0.915 bits per heavy atom. The van der Waals surface area contributed by atoms with Crippen LogP contribution in [0, 0.1) is 0 Å². The van der Waals surface area contributed by atoms with Crippen LogP contribution in [-0.2, 0) is 53.1 Å². The van der Waals surface area contributed by atoms with E-state index in [1.54, 1.807) is 41.5 Å². The molecule has 4 heterocycles. The fourth-order valence-electron chi connectivity index (χ4n) is 6.18. The van der Waals surface area contributed by atoms with Gasteiger partial charge in [0.15, 0.2) is 16.9 Å². The molecule has 2 aromatic carbocycles. The molecule has 1 aliphatic carbocycles. The summed E-state index contributed by atoms with van der Waals surface area (Å²) < 4.78 is 16.9. The van der Waals surface area contributed by atoms with Gasteiger partial charge in [-0.25, -0.2) is 19.4 Å². The second-order valence-corrected chi connectivity index (χ2v) is 17.2. The summed E-state index contributed by atoms with van der Waals surface area (Å²) in [5.74, 6) is -1.96. The van der Waals surface area contributed by atoms with Gasteiger partial charge in [0.25, 0.3) is 5.91 Å². The van der Waals surface area contributed by atoms with Crippen LogP contribution in [0.4, 0.5) is 14.7 Å². The molecule has 1 saturated heterocycles. The minimum atomic E-state index is -1.48. The Kier molecular flexibility index (Phi) is 11.1. The molecule has 0 spiro atoms. The number of nitrogens with zero attached hydrogens (tertiary/aromatic N) is 6. The summed E-state index contributed by atoms with van der Waals surface area (Å²) in [7, 11) is 0. The molecule has 3 aliphatic rings. The van der Waals surface area contributed by atoms with Crippen LogP contribution in [-0.4, -0.2) is 89.4 Å². The van der Waals surface area contributed by atoms with E-state index in [4.69, 9.17) is 19.0 Å². The van der Waals surface area contributed by atoms with E-state index in [0.29, 0.717) is 11.4 Å². The lowest BCUT2D eigenvalue weighted by molar-refractivity contribution is -0.164. The summed E-state index contributed by atoms with van der Waals surface area (Å²) in [5, 5.41) is 22.8. The zero-order valence-electron chi connectivity index (χ0n) is 33.4. The fourth-order valence-corrected chi connectivity index (χ4v) is 6.86. The molecule has 2 aliphatic heterocycles. The van der Waals surface area contributed by atoms with Crippen molar-refractivity contribution in [1.29, 1.82) is 0 Å². The second-order valence-electron chi connectivity index (χ2n) is 16.3. The van der Waals surface area contributed by atoms with Crippen molar-refractivity contribution in [3.8, 4) is 0 Å². The van der Waals surface area contributed by atoms with Gasteiger partial charge in [-0.05, 0) is 52.7 Å². The van der Waals surface area contributed by atoms with Crippen LogP contribution in [0.2, 0.25) is 0 Å². The number of esters is 1. The summed E-state index contributed by atoms with van der Waals surface area (Å²) >= 11 is 1.00. The van der Waals surface area contributed by atoms with Gasteiger partial charge < -0.3 is 29.7 Å². The number of aromatic nitrogens is 4. The minimum absolute atomic E-state index is 0.00478. The molecule has 1 saturated carbocycles. The summed E-state index contributed by atoms with van der Waals surface area (Å²) in [6, 6.07) is 16.9. The van der Waals surface area contributed by atoms with Gasteiger partial charge in [-0.2, -0.15) is 15.0 Å². The summed E-state index contributed by atoms with van der Waals surface area (Å²) in [6.07, 6.45) is -1.42. The Morgan fingerprint density at radius 3 is 2.05 bits per heavy atom. The van der Waals surface area contributed by atoms with Gasteiger partial charge in [-0.15, -0.1) is 11.3 Å². The third kappa shape index (κ3) is 9.85. The maximum absolute atomic E-state index is 14.0. The minimum Gasteiger partial charge on any atom is -0.450 e. The van der Waals surface area contributed by atoms with Gasteiger partial charge in [0, 0.05) is 18.2 Å². The highest BCUT2D eigenvalue weighted by molar-refractivity contribution is 7.14. The Bertz CT molecular complexity index is 2200. The van der Waals surface area contributed by atoms with Crippen LogP contribution in [0.1, 0.15) is 88.7 Å². The summed E-state index contributed by atoms with van der Waals surface area (Å²) in [4.78, 5) is 78.9. The highest BCUT2D eigenvalue weighted by atomic mass is 32.1. The molecule has 310 valence electrons. The van der Waals surface area contributed by atoms with Crippen molar-refractivity contribution < 1.29 is 43.0 Å². The van der Waals surface area contributed by atoms with Crippen molar-refractivity contribution in [2.45, 2.75) is 109 Å². The Morgan fingerprint density at radius 2 is 1.51 bits per heavy atom. The maximum atomic E-state index is 14.0. The first-order chi connectivity index (χ1) is 27.9. The average Bonchev–Trinajstić information content (AvgIpc) is 3.42. The lowest BCUT2D eigenvalue weighted by Crippen LogP contribution is -2.70. The zero-order valence-corrected chi connectivity index (χ0v) is 34.2. The van der Waals surface area contributed by atoms with Crippen molar-refractivity contribution in [2.75, 3.05) is 5.32 Å². The Labute approximate surface area is 343 Å². The van der Waals surface area contributed by atoms with Gasteiger partial charge in [0.05, 0.1) is 25.7 Å². The molecule has 3 N–H and O–H groups in total. The summed E-state index contributed by atoms with van der Waals surface area (Å²) in [6.45, 7) is 11.0. The second kappa shape index (κ2) is 16.1. The van der Waals surface area contributed by atoms with Crippen LogP contribution in [0.3, 0.4) is 0 Å². The number of anilines is 1. The van der Waals surface area contributed by atoms with E-state index in [1.165, 1.54) is 15.1 Å². The lowest BCUT2D eigenvalue weighted by atomic mass is 9.98. The number of rotatable bonds is 12. The third-order valence-electron chi connectivity index (χ3n) is 9.18. The molecule has 2 aromatic heterocycles. The molecular formula is C40H45N9O9S. The zero-order chi connectivity index (χ0) is 42.1. The van der Waals surface area contributed by atoms with Crippen molar-refractivity contribution >= 4 is 52.2 Å². The topological polar surface area (TPSA) is 218 Å². The molecular weight excluding hydrogens is 783 g/mol. The number of hydrogen-bond donors (Lipinski definition) is 3. The molecule has 0 unspecified atom stereocenters. The van der Waals surface area contributed by atoms with E-state index in [-0.39, 0.29) is 49.0 Å².